The minimum absolute atomic E-state index is 0.209. The number of pyridine rings is 2. The lowest BCUT2D eigenvalue weighted by Gasteiger charge is -2.10. The number of urea groups is 1. The molecular weight excluding hydrogens is 387 g/mol. The van der Waals surface area contributed by atoms with E-state index in [1.165, 1.54) is 12.3 Å². The number of halogens is 3. The van der Waals surface area contributed by atoms with Gasteiger partial charge in [-0.25, -0.2) is 14.8 Å². The van der Waals surface area contributed by atoms with Gasteiger partial charge in [0.25, 0.3) is 0 Å². The van der Waals surface area contributed by atoms with Gasteiger partial charge in [0.1, 0.15) is 29.1 Å². The van der Waals surface area contributed by atoms with E-state index in [9.17, 15) is 18.0 Å². The molecule has 0 spiro atoms. The lowest BCUT2D eigenvalue weighted by Crippen LogP contribution is -2.20. The Morgan fingerprint density at radius 3 is 2.38 bits per heavy atom. The van der Waals surface area contributed by atoms with Crippen molar-refractivity contribution in [2.24, 2.45) is 0 Å². The average Bonchev–Trinajstić information content (AvgIpc) is 2.69. The van der Waals surface area contributed by atoms with Gasteiger partial charge in [-0.15, -0.1) is 0 Å². The zero-order valence-electron chi connectivity index (χ0n) is 14.6. The standard InChI is InChI=1S/C19H12F3N5O2/c20-19(21,22)12-5-7-25-17(9-12)27-18(28)26-13-1-3-15(4-2-13)29-16-6-8-24-14(10-16)11-23/h1-10H,(H2,25,26,27,28). The second-order valence-corrected chi connectivity index (χ2v) is 5.62. The third kappa shape index (κ3) is 5.43. The number of hydrogen-bond donors (Lipinski definition) is 2. The summed E-state index contributed by atoms with van der Waals surface area (Å²) >= 11 is 0. The van der Waals surface area contributed by atoms with Gasteiger partial charge >= 0.3 is 12.2 Å². The molecule has 0 atom stereocenters. The fraction of sp³-hybridized carbons (Fsp3) is 0.0526. The van der Waals surface area contributed by atoms with E-state index in [1.807, 2.05) is 6.07 Å². The number of aromatic nitrogens is 2. The second kappa shape index (κ2) is 8.26. The Labute approximate surface area is 162 Å². The summed E-state index contributed by atoms with van der Waals surface area (Å²) in [5.74, 6) is 0.638. The highest BCUT2D eigenvalue weighted by Gasteiger charge is 2.30. The predicted molar refractivity (Wildman–Crippen MR) is 97.3 cm³/mol. The SMILES string of the molecule is N#Cc1cc(Oc2ccc(NC(=O)Nc3cc(C(F)(F)F)ccn3)cc2)ccn1. The van der Waals surface area contributed by atoms with Gasteiger partial charge in [0.15, 0.2) is 0 Å². The fourth-order valence-corrected chi connectivity index (χ4v) is 2.23. The van der Waals surface area contributed by atoms with E-state index in [4.69, 9.17) is 10.00 Å². The summed E-state index contributed by atoms with van der Waals surface area (Å²) in [6.45, 7) is 0. The largest absolute Gasteiger partial charge is 0.457 e. The summed E-state index contributed by atoms with van der Waals surface area (Å²) in [4.78, 5) is 19.5. The summed E-state index contributed by atoms with van der Waals surface area (Å²) in [7, 11) is 0. The highest BCUT2D eigenvalue weighted by molar-refractivity contribution is 5.99. The smallest absolute Gasteiger partial charge is 0.416 e. The molecular formula is C19H12F3N5O2. The number of ether oxygens (including phenoxy) is 1. The van der Waals surface area contributed by atoms with E-state index in [0.29, 0.717) is 17.2 Å². The minimum Gasteiger partial charge on any atom is -0.457 e. The first-order valence-electron chi connectivity index (χ1n) is 8.09. The molecule has 0 bridgehead atoms. The summed E-state index contributed by atoms with van der Waals surface area (Å²) in [6, 6.07) is 12.0. The molecule has 0 aliphatic heterocycles. The van der Waals surface area contributed by atoms with Gasteiger partial charge in [0.05, 0.1) is 5.56 Å². The molecule has 3 rings (SSSR count). The molecule has 2 aromatic heterocycles. The van der Waals surface area contributed by atoms with E-state index in [2.05, 4.69) is 20.6 Å². The predicted octanol–water partition coefficient (Wildman–Crippen LogP) is 4.80. The number of carbonyl (C=O) groups excluding carboxylic acids is 1. The summed E-state index contributed by atoms with van der Waals surface area (Å²) < 4.78 is 43.7. The lowest BCUT2D eigenvalue weighted by molar-refractivity contribution is -0.137. The number of benzene rings is 1. The van der Waals surface area contributed by atoms with E-state index in [-0.39, 0.29) is 11.5 Å². The molecule has 0 radical (unpaired) electrons. The molecule has 2 N–H and O–H groups in total. The normalized spacial score (nSPS) is 10.7. The second-order valence-electron chi connectivity index (χ2n) is 5.62. The van der Waals surface area contributed by atoms with Crippen LogP contribution in [0.3, 0.4) is 0 Å². The molecule has 1 aromatic carbocycles. The third-order valence-electron chi connectivity index (χ3n) is 3.52. The van der Waals surface area contributed by atoms with Crippen LogP contribution in [0, 0.1) is 11.3 Å². The highest BCUT2D eigenvalue weighted by Crippen LogP contribution is 2.30. The van der Waals surface area contributed by atoms with Crippen LogP contribution in [-0.2, 0) is 6.18 Å². The van der Waals surface area contributed by atoms with Crippen molar-refractivity contribution in [1.29, 1.82) is 5.26 Å². The van der Waals surface area contributed by atoms with Crippen molar-refractivity contribution in [1.82, 2.24) is 9.97 Å². The molecule has 0 saturated carbocycles. The minimum atomic E-state index is -4.53. The number of nitrogens with one attached hydrogen (secondary N) is 2. The van der Waals surface area contributed by atoms with Gasteiger partial charge in [-0.05, 0) is 42.5 Å². The molecule has 0 aliphatic carbocycles. The molecule has 29 heavy (non-hydrogen) atoms. The third-order valence-corrected chi connectivity index (χ3v) is 3.52. The molecule has 0 saturated heterocycles. The molecule has 2 amide bonds. The Bertz CT molecular complexity index is 1060. The number of nitriles is 1. The zero-order valence-corrected chi connectivity index (χ0v) is 14.6. The molecule has 7 nitrogen and oxygen atoms in total. The number of hydrogen-bond acceptors (Lipinski definition) is 5. The van der Waals surface area contributed by atoms with Crippen molar-refractivity contribution in [2.75, 3.05) is 10.6 Å². The van der Waals surface area contributed by atoms with Gasteiger partial charge in [-0.3, -0.25) is 5.32 Å². The maximum absolute atomic E-state index is 12.7. The van der Waals surface area contributed by atoms with Crippen LogP contribution in [-0.4, -0.2) is 16.0 Å². The summed E-state index contributed by atoms with van der Waals surface area (Å²) in [6.07, 6.45) is -2.13. The van der Waals surface area contributed by atoms with Crippen molar-refractivity contribution in [3.05, 3.63) is 72.2 Å². The quantitative estimate of drug-likeness (QED) is 0.656. The number of alkyl halides is 3. The fourth-order valence-electron chi connectivity index (χ4n) is 2.23. The molecule has 10 heteroatoms. The monoisotopic (exact) mass is 399 g/mol. The maximum Gasteiger partial charge on any atom is 0.416 e. The molecule has 146 valence electrons. The lowest BCUT2D eigenvalue weighted by atomic mass is 10.2. The molecule has 2 heterocycles. The van der Waals surface area contributed by atoms with Crippen molar-refractivity contribution in [3.8, 4) is 17.6 Å². The average molecular weight is 399 g/mol. The van der Waals surface area contributed by atoms with Gasteiger partial charge in [-0.1, -0.05) is 0 Å². The Kier molecular flexibility index (Phi) is 5.59. The first kappa shape index (κ1) is 19.6. The molecule has 3 aromatic rings. The van der Waals surface area contributed by atoms with Gasteiger partial charge in [0.2, 0.25) is 0 Å². The summed E-state index contributed by atoms with van der Waals surface area (Å²) in [5.41, 5.74) is -0.324. The van der Waals surface area contributed by atoms with Crippen LogP contribution in [0.1, 0.15) is 11.3 Å². The zero-order chi connectivity index (χ0) is 20.9. The van der Waals surface area contributed by atoms with Gasteiger partial charge in [-0.2, -0.15) is 18.4 Å². The van der Waals surface area contributed by atoms with Gasteiger partial charge < -0.3 is 10.1 Å². The van der Waals surface area contributed by atoms with Crippen LogP contribution in [0.15, 0.2) is 60.9 Å². The topological polar surface area (TPSA) is 99.9 Å². The van der Waals surface area contributed by atoms with Gasteiger partial charge in [0, 0.05) is 24.1 Å². The van der Waals surface area contributed by atoms with Crippen LogP contribution >= 0.6 is 0 Å². The van der Waals surface area contributed by atoms with Crippen LogP contribution < -0.4 is 15.4 Å². The Hall–Kier alpha value is -4.13. The van der Waals surface area contributed by atoms with Crippen LogP contribution in [0.25, 0.3) is 0 Å². The molecule has 0 unspecified atom stereocenters. The first-order valence-corrected chi connectivity index (χ1v) is 8.09. The molecule has 0 aliphatic rings. The van der Waals surface area contributed by atoms with E-state index in [0.717, 1.165) is 18.3 Å². The first-order chi connectivity index (χ1) is 13.8. The number of anilines is 2. The Morgan fingerprint density at radius 2 is 1.69 bits per heavy atom. The number of nitrogens with zero attached hydrogens (tertiary/aromatic N) is 3. The Balaban J connectivity index is 1.61. The summed E-state index contributed by atoms with van der Waals surface area (Å²) in [5, 5.41) is 13.6. The molecule has 0 fully saturated rings. The van der Waals surface area contributed by atoms with Crippen molar-refractivity contribution in [3.63, 3.8) is 0 Å². The Morgan fingerprint density at radius 1 is 0.966 bits per heavy atom. The number of carbonyl (C=O) groups is 1. The number of amides is 2. The number of rotatable bonds is 4. The van der Waals surface area contributed by atoms with Crippen molar-refractivity contribution in [2.45, 2.75) is 6.18 Å². The van der Waals surface area contributed by atoms with Crippen LogP contribution in [0.5, 0.6) is 11.5 Å². The van der Waals surface area contributed by atoms with E-state index >= 15 is 0 Å². The van der Waals surface area contributed by atoms with E-state index < -0.39 is 17.8 Å². The van der Waals surface area contributed by atoms with E-state index in [1.54, 1.807) is 30.3 Å². The highest BCUT2D eigenvalue weighted by atomic mass is 19.4. The van der Waals surface area contributed by atoms with Crippen LogP contribution in [0.2, 0.25) is 0 Å². The van der Waals surface area contributed by atoms with Crippen molar-refractivity contribution < 1.29 is 22.7 Å². The van der Waals surface area contributed by atoms with Crippen LogP contribution in [0.4, 0.5) is 29.5 Å². The van der Waals surface area contributed by atoms with Crippen molar-refractivity contribution >= 4 is 17.5 Å². The maximum atomic E-state index is 12.7.